The van der Waals surface area contributed by atoms with Gasteiger partial charge >= 0.3 is 6.09 Å². The maximum Gasteiger partial charge on any atom is 0.415 e. The Labute approximate surface area is 138 Å². The van der Waals surface area contributed by atoms with Crippen molar-refractivity contribution in [2.45, 2.75) is 31.4 Å². The number of ether oxygens (including phenoxy) is 2. The van der Waals surface area contributed by atoms with E-state index in [4.69, 9.17) is 15.2 Å². The highest BCUT2D eigenvalue weighted by Gasteiger charge is 2.51. The number of halogens is 1. The molecule has 3 aliphatic heterocycles. The number of amides is 2. The number of benzene rings is 1. The molecular weight excluding hydrogens is 317 g/mol. The molecular formula is C16H18FN3O4. The van der Waals surface area contributed by atoms with Gasteiger partial charge in [0.15, 0.2) is 11.6 Å². The summed E-state index contributed by atoms with van der Waals surface area (Å²) in [7, 11) is 1.49. The molecule has 1 unspecified atom stereocenters. The second-order valence-electron chi connectivity index (χ2n) is 6.28. The zero-order valence-electron chi connectivity index (χ0n) is 13.3. The first-order valence-corrected chi connectivity index (χ1v) is 7.96. The van der Waals surface area contributed by atoms with Crippen LogP contribution < -0.4 is 20.3 Å². The lowest BCUT2D eigenvalue weighted by Gasteiger charge is -2.23. The molecule has 0 aliphatic carbocycles. The van der Waals surface area contributed by atoms with Crippen LogP contribution in [0.15, 0.2) is 6.07 Å². The summed E-state index contributed by atoms with van der Waals surface area (Å²) in [4.78, 5) is 26.9. The standard InChI is InChI=1S/C16H18FN3O4/c1-23-13-8-6-11-14(15(18)21)24-16(22)20(11)10(8)7-9(17)12(13)19-4-2-3-5-19/h7,11,14H,2-6H2,1H3,(H2,18,21)/t11-,14?/m0/s1. The Bertz CT molecular complexity index is 733. The summed E-state index contributed by atoms with van der Waals surface area (Å²) < 4.78 is 25.3. The molecule has 2 amide bonds. The van der Waals surface area contributed by atoms with Gasteiger partial charge in [0.05, 0.1) is 18.8 Å². The number of nitrogens with zero attached hydrogens (tertiary/aromatic N) is 2. The highest BCUT2D eigenvalue weighted by molar-refractivity contribution is 5.99. The predicted molar refractivity (Wildman–Crippen MR) is 83.8 cm³/mol. The van der Waals surface area contributed by atoms with Gasteiger partial charge in [-0.1, -0.05) is 0 Å². The van der Waals surface area contributed by atoms with Crippen LogP contribution >= 0.6 is 0 Å². The van der Waals surface area contributed by atoms with Crippen molar-refractivity contribution in [3.63, 3.8) is 0 Å². The van der Waals surface area contributed by atoms with Gasteiger partial charge in [-0.2, -0.15) is 0 Å². The summed E-state index contributed by atoms with van der Waals surface area (Å²) in [6.45, 7) is 1.54. The van der Waals surface area contributed by atoms with Gasteiger partial charge in [0.2, 0.25) is 6.10 Å². The van der Waals surface area contributed by atoms with Crippen molar-refractivity contribution in [1.82, 2.24) is 0 Å². The Balaban J connectivity index is 1.83. The van der Waals surface area contributed by atoms with E-state index in [1.807, 2.05) is 4.90 Å². The summed E-state index contributed by atoms with van der Waals surface area (Å²) in [5.74, 6) is -0.719. The number of cyclic esters (lactones) is 1. The number of carbonyl (C=O) groups is 2. The number of methoxy groups -OCH3 is 1. The van der Waals surface area contributed by atoms with Gasteiger partial charge in [-0.25, -0.2) is 9.18 Å². The monoisotopic (exact) mass is 335 g/mol. The maximum absolute atomic E-state index is 14.8. The smallest absolute Gasteiger partial charge is 0.415 e. The van der Waals surface area contributed by atoms with Crippen molar-refractivity contribution in [3.8, 4) is 5.75 Å². The van der Waals surface area contributed by atoms with Crippen LogP contribution in [0.3, 0.4) is 0 Å². The largest absolute Gasteiger partial charge is 0.494 e. The molecule has 3 heterocycles. The first-order chi connectivity index (χ1) is 11.5. The Hall–Kier alpha value is -2.51. The first-order valence-electron chi connectivity index (χ1n) is 7.96. The molecule has 4 rings (SSSR count). The molecule has 2 N–H and O–H groups in total. The van der Waals surface area contributed by atoms with E-state index in [1.165, 1.54) is 18.1 Å². The number of primary amides is 1. The second-order valence-corrected chi connectivity index (χ2v) is 6.28. The summed E-state index contributed by atoms with van der Waals surface area (Å²) in [6, 6.07) is 0.781. The zero-order chi connectivity index (χ0) is 17.0. The number of nitrogens with two attached hydrogens (primary N) is 1. The molecule has 2 fully saturated rings. The normalized spacial score (nSPS) is 24.8. The summed E-state index contributed by atoms with van der Waals surface area (Å²) in [5, 5.41) is 0. The molecule has 2 saturated heterocycles. The Kier molecular flexibility index (Phi) is 3.29. The van der Waals surface area contributed by atoms with E-state index in [9.17, 15) is 14.0 Å². The molecule has 2 atom stereocenters. The predicted octanol–water partition coefficient (Wildman–Crippen LogP) is 1.17. The average molecular weight is 335 g/mol. The fraction of sp³-hybridized carbons (Fsp3) is 0.500. The van der Waals surface area contributed by atoms with Crippen LogP contribution in [0.5, 0.6) is 5.75 Å². The number of hydrogen-bond acceptors (Lipinski definition) is 5. The Morgan fingerprint density at radius 3 is 2.75 bits per heavy atom. The minimum absolute atomic E-state index is 0.346. The number of hydrogen-bond donors (Lipinski definition) is 1. The number of rotatable bonds is 3. The van der Waals surface area contributed by atoms with Crippen molar-refractivity contribution < 1.29 is 23.5 Å². The second kappa shape index (κ2) is 5.25. The minimum Gasteiger partial charge on any atom is -0.494 e. The van der Waals surface area contributed by atoms with Gasteiger partial charge in [0.25, 0.3) is 5.91 Å². The molecule has 8 heteroatoms. The molecule has 7 nitrogen and oxygen atoms in total. The third-order valence-electron chi connectivity index (χ3n) is 4.97. The third kappa shape index (κ3) is 1.95. The van der Waals surface area contributed by atoms with Crippen molar-refractivity contribution in [2.75, 3.05) is 30.0 Å². The highest BCUT2D eigenvalue weighted by atomic mass is 19.1. The van der Waals surface area contributed by atoms with E-state index in [2.05, 4.69) is 0 Å². The molecule has 0 radical (unpaired) electrons. The van der Waals surface area contributed by atoms with Crippen molar-refractivity contribution in [1.29, 1.82) is 0 Å². The fourth-order valence-corrected chi connectivity index (χ4v) is 3.96. The fourth-order valence-electron chi connectivity index (χ4n) is 3.96. The highest BCUT2D eigenvalue weighted by Crippen LogP contribution is 2.48. The number of carbonyl (C=O) groups excluding carboxylic acids is 2. The maximum atomic E-state index is 14.8. The van der Waals surface area contributed by atoms with Gasteiger partial charge in [0, 0.05) is 31.1 Å². The lowest BCUT2D eigenvalue weighted by atomic mass is 10.0. The molecule has 1 aromatic carbocycles. The van der Waals surface area contributed by atoms with Gasteiger partial charge in [-0.3, -0.25) is 9.69 Å². The van der Waals surface area contributed by atoms with Crippen LogP contribution in [0.1, 0.15) is 18.4 Å². The number of anilines is 2. The zero-order valence-corrected chi connectivity index (χ0v) is 13.3. The molecule has 1 aromatic rings. The quantitative estimate of drug-likeness (QED) is 0.896. The van der Waals surface area contributed by atoms with E-state index in [-0.39, 0.29) is 0 Å². The molecule has 0 spiro atoms. The van der Waals surface area contributed by atoms with Crippen molar-refractivity contribution in [2.24, 2.45) is 5.73 Å². The average Bonchev–Trinajstić information content (AvgIpc) is 3.23. The van der Waals surface area contributed by atoms with Gasteiger partial charge < -0.3 is 20.1 Å². The lowest BCUT2D eigenvalue weighted by Crippen LogP contribution is -2.41. The molecule has 128 valence electrons. The van der Waals surface area contributed by atoms with Gasteiger partial charge in [-0.05, 0) is 12.8 Å². The topological polar surface area (TPSA) is 85.1 Å². The van der Waals surface area contributed by atoms with Crippen LogP contribution in [0.25, 0.3) is 0 Å². The molecule has 0 aromatic heterocycles. The van der Waals surface area contributed by atoms with Crippen molar-refractivity contribution in [3.05, 3.63) is 17.4 Å². The SMILES string of the molecule is COc1c2c(cc(F)c1N1CCCC1)N1C(=O)OC(C(N)=O)[C@@H]1C2. The first kappa shape index (κ1) is 15.0. The third-order valence-corrected chi connectivity index (χ3v) is 4.97. The number of fused-ring (bicyclic) bond motifs is 3. The van der Waals surface area contributed by atoms with Crippen LogP contribution in [0.2, 0.25) is 0 Å². The van der Waals surface area contributed by atoms with E-state index in [0.717, 1.165) is 25.9 Å². The molecule has 0 saturated carbocycles. The Morgan fingerprint density at radius 2 is 2.12 bits per heavy atom. The van der Waals surface area contributed by atoms with E-state index in [0.29, 0.717) is 29.1 Å². The van der Waals surface area contributed by atoms with Gasteiger partial charge in [-0.15, -0.1) is 0 Å². The summed E-state index contributed by atoms with van der Waals surface area (Å²) in [5.41, 5.74) is 6.86. The minimum atomic E-state index is -1.03. The van der Waals surface area contributed by atoms with E-state index >= 15 is 0 Å². The summed E-state index contributed by atoms with van der Waals surface area (Å²) in [6.07, 6.45) is 0.638. The lowest BCUT2D eigenvalue weighted by molar-refractivity contribution is -0.125. The van der Waals surface area contributed by atoms with Crippen LogP contribution in [0.4, 0.5) is 20.6 Å². The molecule has 24 heavy (non-hydrogen) atoms. The molecule has 0 bridgehead atoms. The summed E-state index contributed by atoms with van der Waals surface area (Å²) >= 11 is 0. The molecule has 3 aliphatic rings. The van der Waals surface area contributed by atoms with E-state index in [1.54, 1.807) is 0 Å². The Morgan fingerprint density at radius 1 is 1.42 bits per heavy atom. The van der Waals surface area contributed by atoms with Crippen molar-refractivity contribution >= 4 is 23.4 Å². The van der Waals surface area contributed by atoms with Crippen LogP contribution in [0, 0.1) is 5.82 Å². The van der Waals surface area contributed by atoms with E-state index < -0.39 is 30.0 Å². The van der Waals surface area contributed by atoms with Gasteiger partial charge in [0.1, 0.15) is 5.69 Å². The van der Waals surface area contributed by atoms with Crippen LogP contribution in [-0.4, -0.2) is 44.3 Å². The van der Waals surface area contributed by atoms with Crippen LogP contribution in [-0.2, 0) is 16.0 Å².